The van der Waals surface area contributed by atoms with Gasteiger partial charge in [-0.1, -0.05) is 6.92 Å². The van der Waals surface area contributed by atoms with Gasteiger partial charge in [0, 0.05) is 38.1 Å². The second-order valence-electron chi connectivity index (χ2n) is 3.73. The average Bonchev–Trinajstić information content (AvgIpc) is 2.34. The van der Waals surface area contributed by atoms with Crippen LogP contribution in [0.4, 0.5) is 5.69 Å². The van der Waals surface area contributed by atoms with Crippen LogP contribution in [-0.2, 0) is 0 Å². The van der Waals surface area contributed by atoms with Crippen LogP contribution in [0.25, 0.3) is 0 Å². The van der Waals surface area contributed by atoms with Gasteiger partial charge in [-0.3, -0.25) is 0 Å². The minimum Gasteiger partial charge on any atom is -0.481 e. The maximum absolute atomic E-state index is 5.09. The first-order valence-electron chi connectivity index (χ1n) is 5.69. The van der Waals surface area contributed by atoms with Gasteiger partial charge in [-0.25, -0.2) is 4.98 Å². The predicted octanol–water partition coefficient (Wildman–Crippen LogP) is 1.53. The summed E-state index contributed by atoms with van der Waals surface area (Å²) in [6.45, 7) is 5.22. The highest BCUT2D eigenvalue weighted by atomic mass is 16.5. The van der Waals surface area contributed by atoms with Crippen LogP contribution in [0.3, 0.4) is 0 Å². The lowest BCUT2D eigenvalue weighted by atomic mass is 10.3. The number of hydrogen-bond donors (Lipinski definition) is 1. The van der Waals surface area contributed by atoms with E-state index in [1.165, 1.54) is 6.42 Å². The van der Waals surface area contributed by atoms with Crippen molar-refractivity contribution < 1.29 is 4.74 Å². The Bertz CT molecular complexity index is 304. The molecule has 0 aliphatic carbocycles. The smallest absolute Gasteiger partial charge is 0.214 e. The lowest BCUT2D eigenvalue weighted by Gasteiger charge is -2.19. The zero-order valence-electron chi connectivity index (χ0n) is 10.4. The van der Waals surface area contributed by atoms with Crippen LogP contribution >= 0.6 is 0 Å². The van der Waals surface area contributed by atoms with Crippen molar-refractivity contribution in [2.24, 2.45) is 0 Å². The first kappa shape index (κ1) is 12.8. The number of anilines is 1. The van der Waals surface area contributed by atoms with E-state index in [1.807, 2.05) is 12.1 Å². The van der Waals surface area contributed by atoms with E-state index in [4.69, 9.17) is 4.74 Å². The van der Waals surface area contributed by atoms with Crippen LogP contribution in [0.5, 0.6) is 5.88 Å². The Morgan fingerprint density at radius 2 is 2.25 bits per heavy atom. The van der Waals surface area contributed by atoms with Crippen molar-refractivity contribution in [2.45, 2.75) is 13.3 Å². The molecule has 0 radical (unpaired) electrons. The molecule has 1 aromatic heterocycles. The summed E-state index contributed by atoms with van der Waals surface area (Å²) >= 11 is 0. The third-order valence-corrected chi connectivity index (χ3v) is 2.42. The van der Waals surface area contributed by atoms with Gasteiger partial charge in [0.05, 0.1) is 7.11 Å². The van der Waals surface area contributed by atoms with Gasteiger partial charge in [0.2, 0.25) is 5.88 Å². The van der Waals surface area contributed by atoms with Crippen molar-refractivity contribution in [3.8, 4) is 5.88 Å². The van der Waals surface area contributed by atoms with Gasteiger partial charge in [-0.2, -0.15) is 0 Å². The van der Waals surface area contributed by atoms with Crippen LogP contribution in [0.15, 0.2) is 18.3 Å². The first-order valence-corrected chi connectivity index (χ1v) is 5.69. The number of pyridine rings is 1. The topological polar surface area (TPSA) is 37.4 Å². The quantitative estimate of drug-likeness (QED) is 0.711. The highest BCUT2D eigenvalue weighted by Crippen LogP contribution is 2.16. The molecule has 4 nitrogen and oxygen atoms in total. The van der Waals surface area contributed by atoms with Crippen molar-refractivity contribution in [1.82, 2.24) is 10.3 Å². The molecule has 1 rings (SSSR count). The molecule has 0 saturated carbocycles. The minimum atomic E-state index is 0.658. The molecule has 0 atom stereocenters. The van der Waals surface area contributed by atoms with Gasteiger partial charge < -0.3 is 15.0 Å². The van der Waals surface area contributed by atoms with Crippen LogP contribution in [-0.4, -0.2) is 38.8 Å². The molecule has 4 heteroatoms. The summed E-state index contributed by atoms with van der Waals surface area (Å²) in [5.41, 5.74) is 1.13. The first-order chi connectivity index (χ1) is 7.77. The molecule has 0 fully saturated rings. The average molecular weight is 223 g/mol. The number of ether oxygens (including phenoxy) is 1. The summed E-state index contributed by atoms with van der Waals surface area (Å²) in [6, 6.07) is 3.93. The van der Waals surface area contributed by atoms with Gasteiger partial charge in [-0.15, -0.1) is 0 Å². The second kappa shape index (κ2) is 7.06. The standard InChI is InChI=1S/C12H21N3O/c1-4-6-13-8-9-15(2)11-5-7-14-12(10-11)16-3/h5,7,10,13H,4,6,8-9H2,1-3H3. The maximum atomic E-state index is 5.09. The monoisotopic (exact) mass is 223 g/mol. The molecule has 0 unspecified atom stereocenters. The highest BCUT2D eigenvalue weighted by Gasteiger charge is 2.02. The van der Waals surface area contributed by atoms with E-state index in [0.29, 0.717) is 5.88 Å². The molecule has 90 valence electrons. The van der Waals surface area contributed by atoms with Crippen molar-refractivity contribution in [3.63, 3.8) is 0 Å². The van der Waals surface area contributed by atoms with E-state index in [9.17, 15) is 0 Å². The summed E-state index contributed by atoms with van der Waals surface area (Å²) in [6.07, 6.45) is 2.94. The van der Waals surface area contributed by atoms with E-state index in [1.54, 1.807) is 13.3 Å². The molecular weight excluding hydrogens is 202 g/mol. The summed E-state index contributed by atoms with van der Waals surface area (Å²) in [5, 5.41) is 3.38. The molecule has 16 heavy (non-hydrogen) atoms. The summed E-state index contributed by atoms with van der Waals surface area (Å²) in [7, 11) is 3.71. The number of likely N-dealkylation sites (N-methyl/N-ethyl adjacent to an activating group) is 1. The Hall–Kier alpha value is -1.29. The van der Waals surface area contributed by atoms with Crippen molar-refractivity contribution in [2.75, 3.05) is 38.7 Å². The zero-order chi connectivity index (χ0) is 11.8. The fourth-order valence-electron chi connectivity index (χ4n) is 1.43. The number of hydrogen-bond acceptors (Lipinski definition) is 4. The number of methoxy groups -OCH3 is 1. The molecule has 0 bridgehead atoms. The minimum absolute atomic E-state index is 0.658. The maximum Gasteiger partial charge on any atom is 0.214 e. The van der Waals surface area contributed by atoms with E-state index in [0.717, 1.165) is 25.3 Å². The van der Waals surface area contributed by atoms with Gasteiger partial charge in [0.1, 0.15) is 0 Å². The summed E-state index contributed by atoms with van der Waals surface area (Å²) < 4.78 is 5.09. The van der Waals surface area contributed by atoms with E-state index < -0.39 is 0 Å². The van der Waals surface area contributed by atoms with E-state index in [-0.39, 0.29) is 0 Å². The Morgan fingerprint density at radius 1 is 1.44 bits per heavy atom. The molecule has 0 aliphatic rings. The van der Waals surface area contributed by atoms with Crippen LogP contribution in [0.1, 0.15) is 13.3 Å². The lowest BCUT2D eigenvalue weighted by Crippen LogP contribution is -2.29. The van der Waals surface area contributed by atoms with E-state index in [2.05, 4.69) is 29.2 Å². The van der Waals surface area contributed by atoms with Gasteiger partial charge in [-0.05, 0) is 19.0 Å². The Labute approximate surface area is 97.6 Å². The summed E-state index contributed by atoms with van der Waals surface area (Å²) in [4.78, 5) is 6.27. The van der Waals surface area contributed by atoms with Crippen molar-refractivity contribution in [1.29, 1.82) is 0 Å². The number of nitrogens with zero attached hydrogens (tertiary/aromatic N) is 2. The largest absolute Gasteiger partial charge is 0.481 e. The van der Waals surface area contributed by atoms with Gasteiger partial charge in [0.15, 0.2) is 0 Å². The molecule has 1 N–H and O–H groups in total. The lowest BCUT2D eigenvalue weighted by molar-refractivity contribution is 0.398. The molecule has 0 spiro atoms. The fourth-order valence-corrected chi connectivity index (χ4v) is 1.43. The second-order valence-corrected chi connectivity index (χ2v) is 3.73. The zero-order valence-corrected chi connectivity index (χ0v) is 10.4. The van der Waals surface area contributed by atoms with Crippen LogP contribution in [0, 0.1) is 0 Å². The SMILES string of the molecule is CCCNCCN(C)c1ccnc(OC)c1. The van der Waals surface area contributed by atoms with Gasteiger partial charge in [0.25, 0.3) is 0 Å². The van der Waals surface area contributed by atoms with Crippen molar-refractivity contribution in [3.05, 3.63) is 18.3 Å². The molecule has 0 amide bonds. The fraction of sp³-hybridized carbons (Fsp3) is 0.583. The predicted molar refractivity (Wildman–Crippen MR) is 67.2 cm³/mol. The Morgan fingerprint density at radius 3 is 2.94 bits per heavy atom. The molecule has 1 heterocycles. The number of nitrogens with one attached hydrogen (secondary N) is 1. The molecule has 0 aromatic carbocycles. The van der Waals surface area contributed by atoms with Gasteiger partial charge >= 0.3 is 0 Å². The third-order valence-electron chi connectivity index (χ3n) is 2.42. The molecular formula is C12H21N3O. The number of aromatic nitrogens is 1. The van der Waals surface area contributed by atoms with Crippen LogP contribution < -0.4 is 15.0 Å². The van der Waals surface area contributed by atoms with E-state index >= 15 is 0 Å². The third kappa shape index (κ3) is 4.06. The Balaban J connectivity index is 2.42. The Kier molecular flexibility index (Phi) is 5.64. The summed E-state index contributed by atoms with van der Waals surface area (Å²) in [5.74, 6) is 0.658. The normalized spacial score (nSPS) is 10.2. The van der Waals surface area contributed by atoms with Crippen LogP contribution in [0.2, 0.25) is 0 Å². The molecule has 0 aliphatic heterocycles. The van der Waals surface area contributed by atoms with Crippen molar-refractivity contribution >= 4 is 5.69 Å². The molecule has 1 aromatic rings. The highest BCUT2D eigenvalue weighted by molar-refractivity contribution is 5.47. The molecule has 0 saturated heterocycles. The number of rotatable bonds is 7.